The molecule has 0 fully saturated rings. The molecule has 2 atom stereocenters. The van der Waals surface area contributed by atoms with Crippen LogP contribution in [0.1, 0.15) is 72.8 Å². The average Bonchev–Trinajstić information content (AvgIpc) is 2.74. The van der Waals surface area contributed by atoms with Crippen LogP contribution in [0.3, 0.4) is 0 Å². The lowest BCUT2D eigenvalue weighted by atomic mass is 9.86. The first kappa shape index (κ1) is 28.9. The van der Waals surface area contributed by atoms with E-state index < -0.39 is 41.3 Å². The van der Waals surface area contributed by atoms with Crippen LogP contribution in [-0.2, 0) is 30.3 Å². The summed E-state index contributed by atoms with van der Waals surface area (Å²) in [6, 6.07) is 4.34. The van der Waals surface area contributed by atoms with Crippen molar-refractivity contribution in [3.8, 4) is 11.5 Å². The van der Waals surface area contributed by atoms with E-state index in [4.69, 9.17) is 24.7 Å². The molecule has 0 aliphatic heterocycles. The second-order valence-corrected chi connectivity index (χ2v) is 8.67. The lowest BCUT2D eigenvalue weighted by Gasteiger charge is -2.29. The SMILES string of the molecule is CCC(=O)Oc1ccc(CC(N)(C[C@H](C)OC(=O)OC(C)(C)CC)C(=O)O)cc1OC(=O)CC. The van der Waals surface area contributed by atoms with Crippen molar-refractivity contribution in [2.24, 2.45) is 5.73 Å². The first-order chi connectivity index (χ1) is 15.7. The number of nitrogens with two attached hydrogens (primary N) is 1. The molecule has 0 saturated heterocycles. The Morgan fingerprint density at radius 2 is 1.56 bits per heavy atom. The highest BCUT2D eigenvalue weighted by Gasteiger charge is 2.37. The molecule has 1 aromatic carbocycles. The van der Waals surface area contributed by atoms with Gasteiger partial charge in [-0.3, -0.25) is 14.4 Å². The van der Waals surface area contributed by atoms with Crippen LogP contribution in [0.15, 0.2) is 18.2 Å². The van der Waals surface area contributed by atoms with Gasteiger partial charge >= 0.3 is 24.1 Å². The molecule has 1 rings (SSSR count). The predicted molar refractivity (Wildman–Crippen MR) is 123 cm³/mol. The van der Waals surface area contributed by atoms with Crippen LogP contribution in [0.2, 0.25) is 0 Å². The maximum Gasteiger partial charge on any atom is 0.509 e. The standard InChI is InChI=1S/C24H35NO9/c1-7-19(26)32-17-11-10-16(12-18(17)33-20(27)8-2)14-24(25,21(28)29)13-15(4)31-22(30)34-23(5,6)9-3/h10-12,15H,7-9,13-14,25H2,1-6H3,(H,28,29)/t15-,24?/m0/s1. The molecule has 1 aromatic rings. The van der Waals surface area contributed by atoms with Gasteiger partial charge in [-0.15, -0.1) is 0 Å². The Bertz CT molecular complexity index is 896. The van der Waals surface area contributed by atoms with Crippen LogP contribution in [-0.4, -0.2) is 46.4 Å². The molecule has 34 heavy (non-hydrogen) atoms. The van der Waals surface area contributed by atoms with Crippen LogP contribution in [0.5, 0.6) is 11.5 Å². The summed E-state index contributed by atoms with van der Waals surface area (Å²) in [6.45, 7) is 10.1. The van der Waals surface area contributed by atoms with Crippen LogP contribution < -0.4 is 15.2 Å². The number of rotatable bonds is 12. The number of carbonyl (C=O) groups is 4. The number of benzene rings is 1. The highest BCUT2D eigenvalue weighted by Crippen LogP contribution is 2.31. The Balaban J connectivity index is 3.08. The Hall–Kier alpha value is -3.14. The number of esters is 2. The van der Waals surface area contributed by atoms with E-state index in [9.17, 15) is 24.3 Å². The Morgan fingerprint density at radius 3 is 2.06 bits per heavy atom. The number of aliphatic carboxylic acids is 1. The highest BCUT2D eigenvalue weighted by atomic mass is 16.7. The molecule has 0 saturated carbocycles. The van der Waals surface area contributed by atoms with E-state index in [1.165, 1.54) is 25.1 Å². The van der Waals surface area contributed by atoms with Crippen molar-refractivity contribution in [1.29, 1.82) is 0 Å². The first-order valence-electron chi connectivity index (χ1n) is 11.2. The van der Waals surface area contributed by atoms with E-state index in [2.05, 4.69) is 0 Å². The van der Waals surface area contributed by atoms with Crippen molar-refractivity contribution < 1.29 is 43.2 Å². The number of hydrogen-bond acceptors (Lipinski definition) is 9. The number of carboxylic acid groups (broad SMARTS) is 1. The monoisotopic (exact) mass is 481 g/mol. The molecule has 0 spiro atoms. The molecule has 10 nitrogen and oxygen atoms in total. The quantitative estimate of drug-likeness (QED) is 0.333. The number of hydrogen-bond donors (Lipinski definition) is 2. The maximum absolute atomic E-state index is 12.0. The van der Waals surface area contributed by atoms with Crippen LogP contribution in [0.4, 0.5) is 4.79 Å². The van der Waals surface area contributed by atoms with E-state index in [0.717, 1.165) is 0 Å². The molecule has 3 N–H and O–H groups in total. The first-order valence-corrected chi connectivity index (χ1v) is 11.2. The minimum absolute atomic E-state index is 0.0198. The van der Waals surface area contributed by atoms with E-state index in [-0.39, 0.29) is 37.2 Å². The van der Waals surface area contributed by atoms with E-state index >= 15 is 0 Å². The van der Waals surface area contributed by atoms with Gasteiger partial charge in [0.25, 0.3) is 0 Å². The highest BCUT2D eigenvalue weighted by molar-refractivity contribution is 5.79. The second-order valence-electron chi connectivity index (χ2n) is 8.67. The zero-order chi connectivity index (χ0) is 26.1. The fourth-order valence-electron chi connectivity index (χ4n) is 2.86. The zero-order valence-electron chi connectivity index (χ0n) is 20.6. The van der Waals surface area contributed by atoms with Gasteiger partial charge in [0.1, 0.15) is 17.2 Å². The van der Waals surface area contributed by atoms with Gasteiger partial charge in [-0.05, 0) is 44.9 Å². The predicted octanol–water partition coefficient (Wildman–Crippen LogP) is 3.76. The summed E-state index contributed by atoms with van der Waals surface area (Å²) in [6.07, 6.45) is -1.39. The number of carbonyl (C=O) groups excluding carboxylic acids is 3. The van der Waals surface area contributed by atoms with Gasteiger partial charge in [0.05, 0.1) is 0 Å². The van der Waals surface area contributed by atoms with Gasteiger partial charge in [0.15, 0.2) is 11.5 Å². The molecule has 0 aliphatic rings. The molecular weight excluding hydrogens is 446 g/mol. The second kappa shape index (κ2) is 12.4. The normalized spacial score (nSPS) is 13.9. The van der Waals surface area contributed by atoms with E-state index in [1.807, 2.05) is 6.92 Å². The molecule has 0 bridgehead atoms. The summed E-state index contributed by atoms with van der Waals surface area (Å²) < 4.78 is 20.9. The van der Waals surface area contributed by atoms with Crippen molar-refractivity contribution in [2.75, 3.05) is 0 Å². The van der Waals surface area contributed by atoms with Crippen molar-refractivity contribution in [2.45, 2.75) is 90.9 Å². The lowest BCUT2D eigenvalue weighted by Crippen LogP contribution is -2.52. The molecule has 10 heteroatoms. The molecule has 0 radical (unpaired) electrons. The van der Waals surface area contributed by atoms with Gasteiger partial charge in [-0.2, -0.15) is 0 Å². The molecule has 0 heterocycles. The van der Waals surface area contributed by atoms with Crippen molar-refractivity contribution in [3.63, 3.8) is 0 Å². The van der Waals surface area contributed by atoms with Crippen molar-refractivity contribution >= 4 is 24.1 Å². The van der Waals surface area contributed by atoms with Crippen LogP contribution >= 0.6 is 0 Å². The van der Waals surface area contributed by atoms with Gasteiger partial charge in [0.2, 0.25) is 0 Å². The van der Waals surface area contributed by atoms with E-state index in [1.54, 1.807) is 27.7 Å². The fraction of sp³-hybridized carbons (Fsp3) is 0.583. The fourth-order valence-corrected chi connectivity index (χ4v) is 2.86. The summed E-state index contributed by atoms with van der Waals surface area (Å²) in [5.74, 6) is -2.37. The van der Waals surface area contributed by atoms with Crippen molar-refractivity contribution in [3.05, 3.63) is 23.8 Å². The Labute approximate surface area is 199 Å². The van der Waals surface area contributed by atoms with Gasteiger partial charge < -0.3 is 29.8 Å². The third-order valence-electron chi connectivity index (χ3n) is 5.14. The zero-order valence-corrected chi connectivity index (χ0v) is 20.6. The molecule has 0 aliphatic carbocycles. The third-order valence-corrected chi connectivity index (χ3v) is 5.14. The molecule has 0 aromatic heterocycles. The Morgan fingerprint density at radius 1 is 1.00 bits per heavy atom. The van der Waals surface area contributed by atoms with Crippen LogP contribution in [0.25, 0.3) is 0 Å². The summed E-state index contributed by atoms with van der Waals surface area (Å²) in [5, 5.41) is 9.81. The summed E-state index contributed by atoms with van der Waals surface area (Å²) in [5.41, 5.74) is 4.08. The maximum atomic E-state index is 12.0. The van der Waals surface area contributed by atoms with E-state index in [0.29, 0.717) is 12.0 Å². The molecule has 1 unspecified atom stereocenters. The number of ether oxygens (including phenoxy) is 4. The minimum Gasteiger partial charge on any atom is -0.480 e. The smallest absolute Gasteiger partial charge is 0.480 e. The summed E-state index contributed by atoms with van der Waals surface area (Å²) >= 11 is 0. The van der Waals surface area contributed by atoms with Crippen LogP contribution in [0, 0.1) is 0 Å². The van der Waals surface area contributed by atoms with Gasteiger partial charge in [-0.25, -0.2) is 4.79 Å². The summed E-state index contributed by atoms with van der Waals surface area (Å²) in [4.78, 5) is 47.6. The lowest BCUT2D eigenvalue weighted by molar-refractivity contribution is -0.145. The molecule has 190 valence electrons. The largest absolute Gasteiger partial charge is 0.509 e. The number of carboxylic acids is 1. The third kappa shape index (κ3) is 9.01. The van der Waals surface area contributed by atoms with Crippen molar-refractivity contribution in [1.82, 2.24) is 0 Å². The Kier molecular flexibility index (Phi) is 10.5. The summed E-state index contributed by atoms with van der Waals surface area (Å²) in [7, 11) is 0. The molecule has 0 amide bonds. The van der Waals surface area contributed by atoms with Gasteiger partial charge in [-0.1, -0.05) is 26.8 Å². The minimum atomic E-state index is -1.81. The van der Waals surface area contributed by atoms with Gasteiger partial charge in [0, 0.05) is 25.7 Å². The molecular formula is C24H35NO9. The average molecular weight is 482 g/mol. The topological polar surface area (TPSA) is 151 Å².